The minimum Gasteiger partial charge on any atom is -0.256 e. The van der Waals surface area contributed by atoms with E-state index in [1.165, 1.54) is 0 Å². The molecule has 1 heterocycles. The van der Waals surface area contributed by atoms with Crippen LogP contribution in [0.1, 0.15) is 5.56 Å². The molecular weight excluding hydrogens is 234 g/mol. The summed E-state index contributed by atoms with van der Waals surface area (Å²) in [4.78, 5) is 4.13. The SMILES string of the molecule is O=S(=O)(Cl)Cc1ccnc2ccccc12. The normalized spacial score (nSPS) is 11.8. The van der Waals surface area contributed by atoms with Crippen LogP contribution in [0.5, 0.6) is 0 Å². The summed E-state index contributed by atoms with van der Waals surface area (Å²) in [6.07, 6.45) is 1.58. The number of rotatable bonds is 2. The summed E-state index contributed by atoms with van der Waals surface area (Å²) in [6, 6.07) is 9.03. The molecule has 0 spiro atoms. The highest BCUT2D eigenvalue weighted by Gasteiger charge is 2.09. The van der Waals surface area contributed by atoms with Crippen LogP contribution in [0.15, 0.2) is 36.5 Å². The van der Waals surface area contributed by atoms with Crippen LogP contribution in [-0.2, 0) is 14.8 Å². The third-order valence-corrected chi connectivity index (χ3v) is 3.05. The molecule has 0 aliphatic rings. The van der Waals surface area contributed by atoms with E-state index in [2.05, 4.69) is 4.98 Å². The molecule has 78 valence electrons. The maximum absolute atomic E-state index is 11.0. The summed E-state index contributed by atoms with van der Waals surface area (Å²) in [5.41, 5.74) is 1.45. The fraction of sp³-hybridized carbons (Fsp3) is 0.100. The highest BCUT2D eigenvalue weighted by molar-refractivity contribution is 8.13. The standard InChI is InChI=1S/C10H8ClNO2S/c11-15(13,14)7-8-5-6-12-10-4-2-1-3-9(8)10/h1-6H,7H2. The fourth-order valence-corrected chi connectivity index (χ4v) is 2.44. The summed E-state index contributed by atoms with van der Waals surface area (Å²) in [5, 5.41) is 0.823. The van der Waals surface area contributed by atoms with Gasteiger partial charge in [-0.15, -0.1) is 0 Å². The highest BCUT2D eigenvalue weighted by Crippen LogP contribution is 2.19. The van der Waals surface area contributed by atoms with Crippen LogP contribution < -0.4 is 0 Å². The van der Waals surface area contributed by atoms with Gasteiger partial charge in [0, 0.05) is 22.3 Å². The lowest BCUT2D eigenvalue weighted by atomic mass is 10.1. The van der Waals surface area contributed by atoms with Gasteiger partial charge >= 0.3 is 0 Å². The maximum atomic E-state index is 11.0. The van der Waals surface area contributed by atoms with Crippen molar-refractivity contribution in [2.24, 2.45) is 0 Å². The van der Waals surface area contributed by atoms with Gasteiger partial charge in [-0.25, -0.2) is 8.42 Å². The van der Waals surface area contributed by atoms with E-state index < -0.39 is 9.05 Å². The smallest absolute Gasteiger partial charge is 0.236 e. The Morgan fingerprint density at radius 2 is 1.93 bits per heavy atom. The molecule has 2 rings (SSSR count). The molecule has 15 heavy (non-hydrogen) atoms. The lowest BCUT2D eigenvalue weighted by Crippen LogP contribution is -1.96. The second kappa shape index (κ2) is 3.79. The lowest BCUT2D eigenvalue weighted by molar-refractivity contribution is 0.609. The maximum Gasteiger partial charge on any atom is 0.236 e. The van der Waals surface area contributed by atoms with Gasteiger partial charge in [0.2, 0.25) is 9.05 Å². The van der Waals surface area contributed by atoms with Gasteiger partial charge in [-0.2, -0.15) is 0 Å². The van der Waals surface area contributed by atoms with Crippen molar-refractivity contribution in [1.82, 2.24) is 4.98 Å². The topological polar surface area (TPSA) is 47.0 Å². The largest absolute Gasteiger partial charge is 0.256 e. The number of nitrogens with zero attached hydrogens (tertiary/aromatic N) is 1. The Hall–Kier alpha value is -1.13. The van der Waals surface area contributed by atoms with Gasteiger partial charge in [0.15, 0.2) is 0 Å². The summed E-state index contributed by atoms with van der Waals surface area (Å²) in [6.45, 7) is 0. The van der Waals surface area contributed by atoms with Crippen molar-refractivity contribution >= 4 is 30.6 Å². The lowest BCUT2D eigenvalue weighted by Gasteiger charge is -2.02. The number of hydrogen-bond acceptors (Lipinski definition) is 3. The summed E-state index contributed by atoms with van der Waals surface area (Å²) in [7, 11) is 1.70. The third kappa shape index (κ3) is 2.46. The fourth-order valence-electron chi connectivity index (χ4n) is 1.47. The van der Waals surface area contributed by atoms with Crippen molar-refractivity contribution in [2.75, 3.05) is 0 Å². The average molecular weight is 242 g/mol. The van der Waals surface area contributed by atoms with Crippen molar-refractivity contribution in [2.45, 2.75) is 5.75 Å². The Morgan fingerprint density at radius 3 is 2.67 bits per heavy atom. The van der Waals surface area contributed by atoms with Crippen LogP contribution in [0.25, 0.3) is 10.9 Å². The van der Waals surface area contributed by atoms with Crippen LogP contribution in [-0.4, -0.2) is 13.4 Å². The Kier molecular flexibility index (Phi) is 2.63. The van der Waals surface area contributed by atoms with E-state index in [0.29, 0.717) is 5.56 Å². The zero-order valence-electron chi connectivity index (χ0n) is 7.72. The molecule has 0 aliphatic heterocycles. The Morgan fingerprint density at radius 1 is 1.20 bits per heavy atom. The van der Waals surface area contributed by atoms with E-state index >= 15 is 0 Å². The minimum atomic E-state index is -3.52. The molecule has 0 aliphatic carbocycles. The van der Waals surface area contributed by atoms with Crippen LogP contribution in [0.2, 0.25) is 0 Å². The first-order valence-corrected chi connectivity index (χ1v) is 6.79. The third-order valence-electron chi connectivity index (χ3n) is 2.07. The van der Waals surface area contributed by atoms with E-state index in [1.807, 2.05) is 24.3 Å². The van der Waals surface area contributed by atoms with Gasteiger partial charge in [-0.05, 0) is 17.7 Å². The monoisotopic (exact) mass is 241 g/mol. The predicted molar refractivity (Wildman–Crippen MR) is 60.2 cm³/mol. The van der Waals surface area contributed by atoms with Crippen molar-refractivity contribution < 1.29 is 8.42 Å². The predicted octanol–water partition coefficient (Wildman–Crippen LogP) is 2.30. The van der Waals surface area contributed by atoms with E-state index in [0.717, 1.165) is 10.9 Å². The van der Waals surface area contributed by atoms with E-state index in [-0.39, 0.29) is 5.75 Å². The molecular formula is C10H8ClNO2S. The molecule has 0 radical (unpaired) electrons. The number of para-hydroxylation sites is 1. The van der Waals surface area contributed by atoms with Crippen LogP contribution >= 0.6 is 10.7 Å². The van der Waals surface area contributed by atoms with Crippen molar-refractivity contribution in [3.63, 3.8) is 0 Å². The number of hydrogen-bond donors (Lipinski definition) is 0. The number of halogens is 1. The number of fused-ring (bicyclic) bond motifs is 1. The van der Waals surface area contributed by atoms with Gasteiger partial charge in [0.25, 0.3) is 0 Å². The van der Waals surface area contributed by atoms with Crippen LogP contribution in [0.4, 0.5) is 0 Å². The molecule has 0 atom stereocenters. The Bertz CT molecular complexity index is 590. The van der Waals surface area contributed by atoms with Crippen molar-refractivity contribution in [3.8, 4) is 0 Å². The molecule has 1 aromatic carbocycles. The molecule has 5 heteroatoms. The summed E-state index contributed by atoms with van der Waals surface area (Å²) in [5.74, 6) is -0.169. The van der Waals surface area contributed by atoms with Gasteiger partial charge in [-0.1, -0.05) is 18.2 Å². The molecule has 0 saturated heterocycles. The first-order chi connectivity index (χ1) is 7.06. The molecule has 0 amide bonds. The average Bonchev–Trinajstić information content (AvgIpc) is 2.16. The second-order valence-electron chi connectivity index (χ2n) is 3.17. The molecule has 0 saturated carbocycles. The molecule has 0 fully saturated rings. The van der Waals surface area contributed by atoms with E-state index in [1.54, 1.807) is 12.3 Å². The number of pyridine rings is 1. The van der Waals surface area contributed by atoms with Crippen molar-refractivity contribution in [3.05, 3.63) is 42.1 Å². The first-order valence-electron chi connectivity index (χ1n) is 4.31. The molecule has 0 bridgehead atoms. The summed E-state index contributed by atoms with van der Waals surface area (Å²) < 4.78 is 22.0. The number of benzene rings is 1. The van der Waals surface area contributed by atoms with Crippen LogP contribution in [0.3, 0.4) is 0 Å². The molecule has 1 aromatic heterocycles. The number of aromatic nitrogens is 1. The van der Waals surface area contributed by atoms with Gasteiger partial charge in [-0.3, -0.25) is 4.98 Å². The van der Waals surface area contributed by atoms with Gasteiger partial charge in [0.05, 0.1) is 11.3 Å². The summed E-state index contributed by atoms with van der Waals surface area (Å²) >= 11 is 0. The van der Waals surface area contributed by atoms with E-state index in [4.69, 9.17) is 10.7 Å². The van der Waals surface area contributed by atoms with Crippen molar-refractivity contribution in [1.29, 1.82) is 0 Å². The second-order valence-corrected chi connectivity index (χ2v) is 5.95. The molecule has 2 aromatic rings. The Labute approximate surface area is 92.1 Å². The molecule has 3 nitrogen and oxygen atoms in total. The Balaban J connectivity index is 2.61. The zero-order valence-corrected chi connectivity index (χ0v) is 9.29. The first kappa shape index (κ1) is 10.4. The zero-order chi connectivity index (χ0) is 10.9. The quantitative estimate of drug-likeness (QED) is 0.758. The van der Waals surface area contributed by atoms with Gasteiger partial charge < -0.3 is 0 Å². The van der Waals surface area contributed by atoms with Gasteiger partial charge in [0.1, 0.15) is 0 Å². The molecule has 0 N–H and O–H groups in total. The van der Waals surface area contributed by atoms with Crippen LogP contribution in [0, 0.1) is 0 Å². The highest BCUT2D eigenvalue weighted by atomic mass is 35.7. The minimum absolute atomic E-state index is 0.169. The van der Waals surface area contributed by atoms with E-state index in [9.17, 15) is 8.42 Å². The molecule has 0 unspecified atom stereocenters.